The molecular formula is C14H20N2O3. The molecule has 1 atom stereocenters. The van der Waals surface area contributed by atoms with E-state index in [1.165, 1.54) is 11.1 Å². The van der Waals surface area contributed by atoms with Crippen molar-refractivity contribution >= 4 is 6.09 Å². The quantitative estimate of drug-likeness (QED) is 0.795. The second-order valence-electron chi connectivity index (χ2n) is 4.63. The minimum atomic E-state index is -0.729. The molecule has 1 aliphatic rings. The normalized spacial score (nSPS) is 17.6. The van der Waals surface area contributed by atoms with Gasteiger partial charge in [0.1, 0.15) is 12.4 Å². The van der Waals surface area contributed by atoms with E-state index in [0.29, 0.717) is 13.2 Å². The van der Waals surface area contributed by atoms with Crippen LogP contribution in [0.25, 0.3) is 0 Å². The van der Waals surface area contributed by atoms with Gasteiger partial charge in [-0.15, -0.1) is 0 Å². The molecule has 1 unspecified atom stereocenters. The summed E-state index contributed by atoms with van der Waals surface area (Å²) in [7, 11) is 1.67. The summed E-state index contributed by atoms with van der Waals surface area (Å²) in [5.74, 6) is 0.876. The Hall–Kier alpha value is -1.75. The number of carbonyl (C=O) groups excluding carboxylic acids is 1. The zero-order chi connectivity index (χ0) is 13.7. The number of methoxy groups -OCH3 is 1. The number of amides is 1. The molecule has 1 aromatic carbocycles. The van der Waals surface area contributed by atoms with E-state index in [4.69, 9.17) is 15.2 Å². The van der Waals surface area contributed by atoms with E-state index in [0.717, 1.165) is 25.0 Å². The van der Waals surface area contributed by atoms with Gasteiger partial charge < -0.3 is 20.5 Å². The van der Waals surface area contributed by atoms with Crippen LogP contribution in [0.4, 0.5) is 4.79 Å². The highest BCUT2D eigenvalue weighted by atomic mass is 16.5. The molecule has 0 aromatic heterocycles. The van der Waals surface area contributed by atoms with Crippen molar-refractivity contribution in [1.29, 1.82) is 0 Å². The average Bonchev–Trinajstić information content (AvgIpc) is 2.43. The van der Waals surface area contributed by atoms with Crippen LogP contribution in [0.1, 0.15) is 30.0 Å². The van der Waals surface area contributed by atoms with Crippen molar-refractivity contribution in [2.24, 2.45) is 5.73 Å². The van der Waals surface area contributed by atoms with Crippen LogP contribution in [0.3, 0.4) is 0 Å². The first-order valence-corrected chi connectivity index (χ1v) is 6.53. The Morgan fingerprint density at radius 1 is 1.53 bits per heavy atom. The van der Waals surface area contributed by atoms with Gasteiger partial charge in [-0.1, -0.05) is 6.07 Å². The van der Waals surface area contributed by atoms with E-state index < -0.39 is 6.09 Å². The number of nitrogens with two attached hydrogens (primary N) is 1. The smallest absolute Gasteiger partial charge is 0.404 e. The number of aryl methyl sites for hydroxylation is 1. The molecule has 1 aromatic rings. The molecule has 1 aliphatic carbocycles. The number of nitrogens with one attached hydrogen (secondary N) is 1. The first kappa shape index (κ1) is 13.7. The van der Waals surface area contributed by atoms with Crippen molar-refractivity contribution < 1.29 is 14.3 Å². The monoisotopic (exact) mass is 264 g/mol. The Kier molecular flexibility index (Phi) is 4.63. The number of benzene rings is 1. The second kappa shape index (κ2) is 6.43. The van der Waals surface area contributed by atoms with E-state index in [1.54, 1.807) is 7.11 Å². The molecule has 0 saturated heterocycles. The van der Waals surface area contributed by atoms with Crippen LogP contribution in [0.15, 0.2) is 18.2 Å². The topological polar surface area (TPSA) is 73.6 Å². The standard InChI is InChI=1S/C14H20N2O3/c1-18-11-6-5-10-3-2-4-13(12(10)9-11)16-7-8-19-14(15)17/h5-6,9,13,16H,2-4,7-8H2,1H3,(H2,15,17). The number of ether oxygens (including phenoxy) is 2. The maximum Gasteiger partial charge on any atom is 0.404 e. The number of fused-ring (bicyclic) bond motifs is 1. The summed E-state index contributed by atoms with van der Waals surface area (Å²) in [5, 5.41) is 3.40. The molecule has 2 rings (SSSR count). The van der Waals surface area contributed by atoms with Gasteiger partial charge in [0.05, 0.1) is 7.11 Å². The van der Waals surface area contributed by atoms with E-state index in [9.17, 15) is 4.79 Å². The van der Waals surface area contributed by atoms with Gasteiger partial charge in [-0.3, -0.25) is 0 Å². The summed E-state index contributed by atoms with van der Waals surface area (Å²) in [5.41, 5.74) is 7.56. The molecule has 3 N–H and O–H groups in total. The molecule has 0 heterocycles. The number of hydrogen-bond donors (Lipinski definition) is 2. The van der Waals surface area contributed by atoms with Crippen molar-refractivity contribution in [3.05, 3.63) is 29.3 Å². The third kappa shape index (κ3) is 3.61. The van der Waals surface area contributed by atoms with Gasteiger partial charge >= 0.3 is 6.09 Å². The van der Waals surface area contributed by atoms with Crippen LogP contribution >= 0.6 is 0 Å². The minimum absolute atomic E-state index is 0.287. The lowest BCUT2D eigenvalue weighted by Gasteiger charge is -2.27. The third-order valence-electron chi connectivity index (χ3n) is 3.40. The molecule has 1 amide bonds. The van der Waals surface area contributed by atoms with Crippen LogP contribution in [-0.2, 0) is 11.2 Å². The molecule has 19 heavy (non-hydrogen) atoms. The fourth-order valence-corrected chi connectivity index (χ4v) is 2.50. The first-order valence-electron chi connectivity index (χ1n) is 6.53. The highest BCUT2D eigenvalue weighted by Crippen LogP contribution is 2.32. The third-order valence-corrected chi connectivity index (χ3v) is 3.40. The summed E-state index contributed by atoms with van der Waals surface area (Å²) in [6.07, 6.45) is 2.62. The molecule has 104 valence electrons. The zero-order valence-electron chi connectivity index (χ0n) is 11.1. The van der Waals surface area contributed by atoms with E-state index in [2.05, 4.69) is 17.4 Å². The molecule has 0 radical (unpaired) electrons. The Morgan fingerprint density at radius 3 is 3.11 bits per heavy atom. The molecule has 5 nitrogen and oxygen atoms in total. The molecule has 5 heteroatoms. The number of carbonyl (C=O) groups is 1. The predicted molar refractivity (Wildman–Crippen MR) is 72.2 cm³/mol. The Morgan fingerprint density at radius 2 is 2.37 bits per heavy atom. The van der Waals surface area contributed by atoms with Crippen molar-refractivity contribution in [1.82, 2.24) is 5.32 Å². The predicted octanol–water partition coefficient (Wildman–Crippen LogP) is 1.76. The van der Waals surface area contributed by atoms with Crippen molar-refractivity contribution in [3.8, 4) is 5.75 Å². The summed E-state index contributed by atoms with van der Waals surface area (Å²) < 4.78 is 9.99. The van der Waals surface area contributed by atoms with Gasteiger partial charge in [-0.05, 0) is 42.5 Å². The lowest BCUT2D eigenvalue weighted by Crippen LogP contribution is -2.29. The molecule has 0 bridgehead atoms. The van der Waals surface area contributed by atoms with Crippen LogP contribution in [-0.4, -0.2) is 26.4 Å². The minimum Gasteiger partial charge on any atom is -0.497 e. The SMILES string of the molecule is COc1ccc2c(c1)C(NCCOC(N)=O)CCC2. The Bertz CT molecular complexity index is 448. The summed E-state index contributed by atoms with van der Waals surface area (Å²) >= 11 is 0. The Labute approximate surface area is 113 Å². The summed E-state index contributed by atoms with van der Waals surface area (Å²) in [6.45, 7) is 0.898. The largest absolute Gasteiger partial charge is 0.497 e. The molecule has 0 saturated carbocycles. The van der Waals surface area contributed by atoms with Gasteiger partial charge in [0.2, 0.25) is 0 Å². The lowest BCUT2D eigenvalue weighted by atomic mass is 9.87. The average molecular weight is 264 g/mol. The number of rotatable bonds is 5. The molecule has 0 spiro atoms. The maximum atomic E-state index is 10.5. The van der Waals surface area contributed by atoms with Crippen LogP contribution in [0, 0.1) is 0 Å². The van der Waals surface area contributed by atoms with Gasteiger partial charge in [-0.25, -0.2) is 4.79 Å². The van der Waals surface area contributed by atoms with Gasteiger partial charge in [-0.2, -0.15) is 0 Å². The van der Waals surface area contributed by atoms with Gasteiger partial charge in [0.25, 0.3) is 0 Å². The van der Waals surface area contributed by atoms with E-state index >= 15 is 0 Å². The molecular weight excluding hydrogens is 244 g/mol. The summed E-state index contributed by atoms with van der Waals surface area (Å²) in [4.78, 5) is 10.5. The Balaban J connectivity index is 1.98. The molecule has 0 fully saturated rings. The van der Waals surface area contributed by atoms with Crippen molar-refractivity contribution in [3.63, 3.8) is 0 Å². The fraction of sp³-hybridized carbons (Fsp3) is 0.500. The lowest BCUT2D eigenvalue weighted by molar-refractivity contribution is 0.155. The second-order valence-corrected chi connectivity index (χ2v) is 4.63. The van der Waals surface area contributed by atoms with Crippen LogP contribution in [0.5, 0.6) is 5.75 Å². The van der Waals surface area contributed by atoms with Crippen molar-refractivity contribution in [2.75, 3.05) is 20.3 Å². The number of primary amides is 1. The van der Waals surface area contributed by atoms with Crippen molar-refractivity contribution in [2.45, 2.75) is 25.3 Å². The fourth-order valence-electron chi connectivity index (χ4n) is 2.50. The summed E-state index contributed by atoms with van der Waals surface area (Å²) in [6, 6.07) is 6.50. The maximum absolute atomic E-state index is 10.5. The van der Waals surface area contributed by atoms with Gasteiger partial charge in [0, 0.05) is 12.6 Å². The first-order chi connectivity index (χ1) is 9.20. The van der Waals surface area contributed by atoms with E-state index in [1.807, 2.05) is 6.07 Å². The van der Waals surface area contributed by atoms with Crippen LogP contribution in [0.2, 0.25) is 0 Å². The van der Waals surface area contributed by atoms with E-state index in [-0.39, 0.29) is 6.04 Å². The van der Waals surface area contributed by atoms with Crippen LogP contribution < -0.4 is 15.8 Å². The highest BCUT2D eigenvalue weighted by molar-refractivity contribution is 5.64. The zero-order valence-corrected chi connectivity index (χ0v) is 11.1. The number of hydrogen-bond acceptors (Lipinski definition) is 4. The van der Waals surface area contributed by atoms with Gasteiger partial charge in [0.15, 0.2) is 0 Å². The highest BCUT2D eigenvalue weighted by Gasteiger charge is 2.20. The molecule has 0 aliphatic heterocycles.